The highest BCUT2D eigenvalue weighted by molar-refractivity contribution is 8.17. The Hall–Kier alpha value is -0.760. The molecule has 0 saturated carbocycles. The summed E-state index contributed by atoms with van der Waals surface area (Å²) < 4.78 is 5.07. The minimum absolute atomic E-state index is 0.262. The lowest BCUT2D eigenvalue weighted by atomic mass is 10.6. The molecule has 86 valence electrons. The Morgan fingerprint density at radius 2 is 2.07 bits per heavy atom. The van der Waals surface area contributed by atoms with Crippen LogP contribution in [-0.4, -0.2) is 34.9 Å². The van der Waals surface area contributed by atoms with Gasteiger partial charge < -0.3 is 15.3 Å². The number of hydrogen-bond acceptors (Lipinski definition) is 6. The maximum absolute atomic E-state index is 10.9. The zero-order valence-electron chi connectivity index (χ0n) is 7.93. The van der Waals surface area contributed by atoms with Crippen molar-refractivity contribution < 1.29 is 19.2 Å². The van der Waals surface area contributed by atoms with Crippen LogP contribution in [0.5, 0.6) is 0 Å². The van der Waals surface area contributed by atoms with E-state index in [9.17, 15) is 9.59 Å². The standard InChI is InChI=1S/C7H12N2O4S2/c8-6(10)13-9-7(11)12-4-5-14-2-1-3-15-5/h5H,1-4H2,(H2,8,10)(H,9,11). The second-order valence-electron chi connectivity index (χ2n) is 2.65. The van der Waals surface area contributed by atoms with E-state index < -0.39 is 12.2 Å². The van der Waals surface area contributed by atoms with Gasteiger partial charge in [-0.05, 0) is 17.9 Å². The molecule has 3 N–H and O–H groups in total. The molecule has 0 aliphatic carbocycles. The van der Waals surface area contributed by atoms with Crippen LogP contribution in [0.3, 0.4) is 0 Å². The molecular formula is C7H12N2O4S2. The molecule has 8 heteroatoms. The summed E-state index contributed by atoms with van der Waals surface area (Å²) >= 11 is 3.51. The van der Waals surface area contributed by atoms with Gasteiger partial charge in [0.15, 0.2) is 0 Å². The van der Waals surface area contributed by atoms with Crippen LogP contribution in [0.4, 0.5) is 9.59 Å². The first kappa shape index (κ1) is 12.3. The van der Waals surface area contributed by atoms with Gasteiger partial charge in [-0.15, -0.1) is 29.0 Å². The summed E-state index contributed by atoms with van der Waals surface area (Å²) in [5.74, 6) is 2.17. The minimum atomic E-state index is -1.08. The molecule has 2 amide bonds. The first-order valence-corrected chi connectivity index (χ1v) is 6.40. The summed E-state index contributed by atoms with van der Waals surface area (Å²) in [6, 6.07) is 0. The number of nitrogens with one attached hydrogen (secondary N) is 1. The number of ether oxygens (including phenoxy) is 1. The third-order valence-corrected chi connectivity index (χ3v) is 4.36. The zero-order chi connectivity index (χ0) is 11.1. The van der Waals surface area contributed by atoms with Gasteiger partial charge in [-0.25, -0.2) is 9.59 Å². The Morgan fingerprint density at radius 3 is 2.67 bits per heavy atom. The average molecular weight is 252 g/mol. The summed E-state index contributed by atoms with van der Waals surface area (Å²) in [5.41, 5.74) is 6.41. The van der Waals surface area contributed by atoms with E-state index in [4.69, 9.17) is 4.74 Å². The van der Waals surface area contributed by atoms with Gasteiger partial charge in [-0.1, -0.05) is 0 Å². The van der Waals surface area contributed by atoms with Gasteiger partial charge in [0, 0.05) is 0 Å². The van der Waals surface area contributed by atoms with E-state index in [0.717, 1.165) is 11.5 Å². The third kappa shape index (κ3) is 5.63. The van der Waals surface area contributed by atoms with Gasteiger partial charge in [-0.3, -0.25) is 0 Å². The van der Waals surface area contributed by atoms with Crippen molar-refractivity contribution in [1.29, 1.82) is 0 Å². The van der Waals surface area contributed by atoms with Crippen LogP contribution in [-0.2, 0) is 9.57 Å². The molecule has 0 unspecified atom stereocenters. The van der Waals surface area contributed by atoms with Gasteiger partial charge in [0.2, 0.25) is 0 Å². The van der Waals surface area contributed by atoms with Crippen molar-refractivity contribution in [1.82, 2.24) is 5.48 Å². The quantitative estimate of drug-likeness (QED) is 0.710. The number of thioether (sulfide) groups is 2. The lowest BCUT2D eigenvalue weighted by Gasteiger charge is -2.20. The predicted octanol–water partition coefficient (Wildman–Crippen LogP) is 0.919. The van der Waals surface area contributed by atoms with Crippen molar-refractivity contribution >= 4 is 35.7 Å². The molecule has 0 radical (unpaired) electrons. The van der Waals surface area contributed by atoms with Gasteiger partial charge >= 0.3 is 12.2 Å². The fourth-order valence-electron chi connectivity index (χ4n) is 0.898. The molecule has 6 nitrogen and oxygen atoms in total. The van der Waals surface area contributed by atoms with Crippen molar-refractivity contribution in [2.45, 2.75) is 11.0 Å². The molecule has 1 rings (SSSR count). The number of amides is 2. The molecule has 1 aliphatic rings. The van der Waals surface area contributed by atoms with Crippen molar-refractivity contribution in [3.63, 3.8) is 0 Å². The number of rotatable bonds is 2. The average Bonchev–Trinajstić information content (AvgIpc) is 2.25. The number of nitrogens with two attached hydrogens (primary N) is 1. The molecule has 0 atom stereocenters. The number of carbonyl (C=O) groups is 2. The molecule has 0 aromatic rings. The first-order chi connectivity index (χ1) is 7.18. The van der Waals surface area contributed by atoms with E-state index in [-0.39, 0.29) is 4.58 Å². The van der Waals surface area contributed by atoms with Gasteiger partial charge in [0.1, 0.15) is 6.61 Å². The molecule has 1 fully saturated rings. The van der Waals surface area contributed by atoms with Crippen LogP contribution < -0.4 is 11.2 Å². The molecule has 1 saturated heterocycles. The highest BCUT2D eigenvalue weighted by Crippen LogP contribution is 2.30. The Bertz CT molecular complexity index is 233. The molecule has 0 spiro atoms. The van der Waals surface area contributed by atoms with Gasteiger partial charge in [-0.2, -0.15) is 0 Å². The van der Waals surface area contributed by atoms with Gasteiger partial charge in [0.05, 0.1) is 4.58 Å². The van der Waals surface area contributed by atoms with Crippen molar-refractivity contribution in [2.75, 3.05) is 18.1 Å². The molecular weight excluding hydrogens is 240 g/mol. The number of carbonyl (C=O) groups excluding carboxylic acids is 2. The van der Waals surface area contributed by atoms with Crippen LogP contribution in [0.2, 0.25) is 0 Å². The molecule has 0 aromatic heterocycles. The minimum Gasteiger partial charge on any atom is -0.445 e. The van der Waals surface area contributed by atoms with Crippen LogP contribution in [0.15, 0.2) is 0 Å². The van der Waals surface area contributed by atoms with Crippen molar-refractivity contribution in [3.8, 4) is 0 Å². The topological polar surface area (TPSA) is 90.7 Å². The second kappa shape index (κ2) is 6.67. The Balaban J connectivity index is 2.07. The van der Waals surface area contributed by atoms with Crippen LogP contribution in [0.25, 0.3) is 0 Å². The molecule has 0 aromatic carbocycles. The van der Waals surface area contributed by atoms with E-state index in [1.165, 1.54) is 6.42 Å². The molecule has 15 heavy (non-hydrogen) atoms. The number of hydrogen-bond donors (Lipinski definition) is 2. The maximum atomic E-state index is 10.9. The fraction of sp³-hybridized carbons (Fsp3) is 0.714. The smallest absolute Gasteiger partial charge is 0.440 e. The monoisotopic (exact) mass is 252 g/mol. The van der Waals surface area contributed by atoms with Crippen molar-refractivity contribution in [3.05, 3.63) is 0 Å². The Labute approximate surface area is 95.6 Å². The summed E-state index contributed by atoms with van der Waals surface area (Å²) in [7, 11) is 0. The predicted molar refractivity (Wildman–Crippen MR) is 58.5 cm³/mol. The van der Waals surface area contributed by atoms with E-state index in [0.29, 0.717) is 6.61 Å². The van der Waals surface area contributed by atoms with E-state index in [1.807, 2.05) is 0 Å². The third-order valence-electron chi connectivity index (χ3n) is 1.48. The molecule has 1 heterocycles. The lowest BCUT2D eigenvalue weighted by Crippen LogP contribution is -2.31. The summed E-state index contributed by atoms with van der Waals surface area (Å²) in [6.45, 7) is 0.295. The number of hydroxylamine groups is 1. The highest BCUT2D eigenvalue weighted by Gasteiger charge is 2.16. The summed E-state index contributed by atoms with van der Waals surface area (Å²) in [6.07, 6.45) is -0.697. The van der Waals surface area contributed by atoms with Crippen LogP contribution >= 0.6 is 23.5 Å². The summed E-state index contributed by atoms with van der Waals surface area (Å²) in [4.78, 5) is 25.1. The molecule has 0 bridgehead atoms. The normalized spacial score (nSPS) is 16.8. The van der Waals surface area contributed by atoms with E-state index in [1.54, 1.807) is 29.0 Å². The highest BCUT2D eigenvalue weighted by atomic mass is 32.2. The van der Waals surface area contributed by atoms with Crippen LogP contribution in [0, 0.1) is 0 Å². The van der Waals surface area contributed by atoms with E-state index >= 15 is 0 Å². The second-order valence-corrected chi connectivity index (χ2v) is 5.57. The first-order valence-electron chi connectivity index (χ1n) is 4.30. The maximum Gasteiger partial charge on any atom is 0.440 e. The number of primary amides is 1. The Morgan fingerprint density at radius 1 is 1.40 bits per heavy atom. The zero-order valence-corrected chi connectivity index (χ0v) is 9.57. The summed E-state index contributed by atoms with van der Waals surface area (Å²) in [5, 5.41) is 0. The van der Waals surface area contributed by atoms with Crippen LogP contribution in [0.1, 0.15) is 6.42 Å². The van der Waals surface area contributed by atoms with Gasteiger partial charge in [0.25, 0.3) is 0 Å². The Kier molecular flexibility index (Phi) is 5.48. The fourth-order valence-corrected chi connectivity index (χ4v) is 3.52. The van der Waals surface area contributed by atoms with Crippen molar-refractivity contribution in [2.24, 2.45) is 5.73 Å². The SMILES string of the molecule is NC(=O)ONC(=O)OCC1SCCCS1. The largest absolute Gasteiger partial charge is 0.445 e. The molecule has 1 aliphatic heterocycles. The van der Waals surface area contributed by atoms with E-state index in [2.05, 4.69) is 10.6 Å². The lowest BCUT2D eigenvalue weighted by molar-refractivity contribution is 0.0702.